The summed E-state index contributed by atoms with van der Waals surface area (Å²) < 4.78 is 0. The minimum atomic E-state index is -0.482. The molecule has 1 atom stereocenters. The van der Waals surface area contributed by atoms with Crippen molar-refractivity contribution in [3.05, 3.63) is 21.4 Å². The van der Waals surface area contributed by atoms with Crippen molar-refractivity contribution in [2.24, 2.45) is 5.92 Å². The first kappa shape index (κ1) is 14.3. The average molecular weight is 282 g/mol. The molecule has 19 heavy (non-hydrogen) atoms. The predicted octanol–water partition coefficient (Wildman–Crippen LogP) is 2.33. The fourth-order valence-corrected chi connectivity index (χ4v) is 3.28. The van der Waals surface area contributed by atoms with E-state index in [0.29, 0.717) is 12.5 Å². The molecule has 0 unspecified atom stereocenters. The van der Waals surface area contributed by atoms with Crippen LogP contribution in [0.1, 0.15) is 35.1 Å². The minimum Gasteiger partial charge on any atom is -0.394 e. The Kier molecular flexibility index (Phi) is 4.16. The number of rotatable bonds is 5. The molecular weight excluding hydrogens is 260 g/mol. The number of aliphatic hydroxyl groups is 1. The summed E-state index contributed by atoms with van der Waals surface area (Å²) in [5.41, 5.74) is 0.679. The monoisotopic (exact) mass is 282 g/mol. The van der Waals surface area contributed by atoms with Gasteiger partial charge in [-0.05, 0) is 51.2 Å². The Morgan fingerprint density at radius 1 is 1.53 bits per heavy atom. The maximum atomic E-state index is 11.9. The van der Waals surface area contributed by atoms with Gasteiger partial charge in [-0.15, -0.1) is 11.3 Å². The summed E-state index contributed by atoms with van der Waals surface area (Å²) in [5, 5.41) is 15.2. The molecule has 106 valence electrons. The SMILES string of the molecule is Cc1cc(CNC(=O)N[C@@](C)(CO)C2CC2)c(C)s1. The maximum absolute atomic E-state index is 11.9. The first-order valence-electron chi connectivity index (χ1n) is 6.67. The van der Waals surface area contributed by atoms with Crippen LogP contribution < -0.4 is 10.6 Å². The smallest absolute Gasteiger partial charge is 0.315 e. The van der Waals surface area contributed by atoms with Crippen LogP contribution in [0.4, 0.5) is 4.79 Å². The van der Waals surface area contributed by atoms with Crippen LogP contribution in [0, 0.1) is 19.8 Å². The molecule has 0 bridgehead atoms. The van der Waals surface area contributed by atoms with E-state index < -0.39 is 5.54 Å². The van der Waals surface area contributed by atoms with Gasteiger partial charge in [0.05, 0.1) is 12.1 Å². The molecule has 2 rings (SSSR count). The van der Waals surface area contributed by atoms with Crippen molar-refractivity contribution in [1.29, 1.82) is 0 Å². The Hall–Kier alpha value is -1.07. The Bertz CT molecular complexity index is 468. The van der Waals surface area contributed by atoms with Gasteiger partial charge in [0.25, 0.3) is 0 Å². The summed E-state index contributed by atoms with van der Waals surface area (Å²) in [4.78, 5) is 14.4. The van der Waals surface area contributed by atoms with Crippen LogP contribution in [0.25, 0.3) is 0 Å². The van der Waals surface area contributed by atoms with Crippen molar-refractivity contribution < 1.29 is 9.90 Å². The van der Waals surface area contributed by atoms with Gasteiger partial charge in [-0.2, -0.15) is 0 Å². The zero-order chi connectivity index (χ0) is 14.0. The Balaban J connectivity index is 1.86. The van der Waals surface area contributed by atoms with E-state index in [2.05, 4.69) is 30.5 Å². The van der Waals surface area contributed by atoms with Crippen LogP contribution in [0.15, 0.2) is 6.07 Å². The fourth-order valence-electron chi connectivity index (χ4n) is 2.33. The molecule has 2 amide bonds. The summed E-state index contributed by atoms with van der Waals surface area (Å²) in [6.45, 7) is 6.56. The number of nitrogens with one attached hydrogen (secondary N) is 2. The maximum Gasteiger partial charge on any atom is 0.315 e. The zero-order valence-electron chi connectivity index (χ0n) is 11.7. The molecule has 1 aliphatic carbocycles. The van der Waals surface area contributed by atoms with E-state index in [9.17, 15) is 9.90 Å². The second kappa shape index (κ2) is 5.51. The molecule has 1 fully saturated rings. The number of aryl methyl sites for hydroxylation is 2. The summed E-state index contributed by atoms with van der Waals surface area (Å²) >= 11 is 1.74. The van der Waals surface area contributed by atoms with Gasteiger partial charge in [0.2, 0.25) is 0 Å². The van der Waals surface area contributed by atoms with Crippen molar-refractivity contribution in [1.82, 2.24) is 10.6 Å². The highest BCUT2D eigenvalue weighted by Crippen LogP contribution is 2.39. The molecule has 1 aromatic heterocycles. The molecule has 0 aliphatic heterocycles. The van der Waals surface area contributed by atoms with E-state index in [-0.39, 0.29) is 12.6 Å². The molecule has 0 radical (unpaired) electrons. The zero-order valence-corrected chi connectivity index (χ0v) is 12.6. The summed E-state index contributed by atoms with van der Waals surface area (Å²) in [6, 6.07) is 1.90. The highest BCUT2D eigenvalue weighted by molar-refractivity contribution is 7.12. The molecule has 1 saturated carbocycles. The number of hydrogen-bond donors (Lipinski definition) is 3. The van der Waals surface area contributed by atoms with E-state index in [0.717, 1.165) is 18.4 Å². The molecular formula is C14H22N2O2S. The molecule has 1 aliphatic rings. The van der Waals surface area contributed by atoms with Crippen LogP contribution >= 0.6 is 11.3 Å². The lowest BCUT2D eigenvalue weighted by Gasteiger charge is -2.28. The minimum absolute atomic E-state index is 0.0122. The Morgan fingerprint density at radius 2 is 2.21 bits per heavy atom. The van der Waals surface area contributed by atoms with Crippen molar-refractivity contribution in [3.8, 4) is 0 Å². The van der Waals surface area contributed by atoms with Crippen molar-refractivity contribution in [3.63, 3.8) is 0 Å². The van der Waals surface area contributed by atoms with Crippen LogP contribution in [0.5, 0.6) is 0 Å². The predicted molar refractivity (Wildman–Crippen MR) is 77.4 cm³/mol. The number of carbonyl (C=O) groups is 1. The molecule has 1 aromatic rings. The van der Waals surface area contributed by atoms with E-state index in [4.69, 9.17) is 0 Å². The first-order chi connectivity index (χ1) is 8.94. The number of carbonyl (C=O) groups excluding carboxylic acids is 1. The summed E-state index contributed by atoms with van der Waals surface area (Å²) in [6.07, 6.45) is 2.17. The van der Waals surface area contributed by atoms with E-state index in [1.165, 1.54) is 9.75 Å². The van der Waals surface area contributed by atoms with Gasteiger partial charge >= 0.3 is 6.03 Å². The second-order valence-electron chi connectivity index (χ2n) is 5.60. The third kappa shape index (κ3) is 3.48. The van der Waals surface area contributed by atoms with Crippen LogP contribution in [0.3, 0.4) is 0 Å². The van der Waals surface area contributed by atoms with E-state index in [1.807, 2.05) is 6.92 Å². The van der Waals surface area contributed by atoms with Gasteiger partial charge in [0.1, 0.15) is 0 Å². The number of thiophene rings is 1. The molecule has 0 aromatic carbocycles. The fraction of sp³-hybridized carbons (Fsp3) is 0.643. The number of urea groups is 1. The molecule has 3 N–H and O–H groups in total. The Morgan fingerprint density at radius 3 is 2.68 bits per heavy atom. The highest BCUT2D eigenvalue weighted by atomic mass is 32.1. The van der Waals surface area contributed by atoms with Crippen molar-refractivity contribution >= 4 is 17.4 Å². The standard InChI is InChI=1S/C14H22N2O2S/c1-9-6-11(10(2)19-9)7-15-13(18)16-14(3,8-17)12-4-5-12/h6,12,17H,4-5,7-8H2,1-3H3,(H2,15,16,18)/t14-/m0/s1. The van der Waals surface area contributed by atoms with Gasteiger partial charge in [-0.3, -0.25) is 0 Å². The third-order valence-electron chi connectivity index (χ3n) is 3.79. The lowest BCUT2D eigenvalue weighted by molar-refractivity contribution is 0.155. The summed E-state index contributed by atoms with van der Waals surface area (Å²) in [7, 11) is 0. The van der Waals surface area contributed by atoms with Gasteiger partial charge in [0.15, 0.2) is 0 Å². The van der Waals surface area contributed by atoms with Crippen molar-refractivity contribution in [2.45, 2.75) is 45.7 Å². The average Bonchev–Trinajstić information content (AvgIpc) is 3.14. The quantitative estimate of drug-likeness (QED) is 0.776. The van der Waals surface area contributed by atoms with Gasteiger partial charge in [-0.1, -0.05) is 0 Å². The number of aliphatic hydroxyl groups excluding tert-OH is 1. The number of amides is 2. The van der Waals surface area contributed by atoms with Gasteiger partial charge in [-0.25, -0.2) is 4.79 Å². The highest BCUT2D eigenvalue weighted by Gasteiger charge is 2.42. The van der Waals surface area contributed by atoms with Crippen LogP contribution in [-0.4, -0.2) is 23.3 Å². The summed E-state index contributed by atoms with van der Waals surface area (Å²) in [5.74, 6) is 0.411. The molecule has 0 saturated heterocycles. The molecule has 4 nitrogen and oxygen atoms in total. The molecule has 1 heterocycles. The molecule has 0 spiro atoms. The van der Waals surface area contributed by atoms with Gasteiger partial charge < -0.3 is 15.7 Å². The van der Waals surface area contributed by atoms with Crippen LogP contribution in [-0.2, 0) is 6.54 Å². The topological polar surface area (TPSA) is 61.4 Å². The Labute approximate surface area is 118 Å². The number of hydrogen-bond acceptors (Lipinski definition) is 3. The van der Waals surface area contributed by atoms with E-state index in [1.54, 1.807) is 11.3 Å². The van der Waals surface area contributed by atoms with Gasteiger partial charge in [0, 0.05) is 16.3 Å². The van der Waals surface area contributed by atoms with Crippen molar-refractivity contribution in [2.75, 3.05) is 6.61 Å². The van der Waals surface area contributed by atoms with E-state index >= 15 is 0 Å². The largest absolute Gasteiger partial charge is 0.394 e. The van der Waals surface area contributed by atoms with Crippen LogP contribution in [0.2, 0.25) is 0 Å². The lowest BCUT2D eigenvalue weighted by atomic mass is 9.97. The first-order valence-corrected chi connectivity index (χ1v) is 7.49. The second-order valence-corrected chi connectivity index (χ2v) is 7.06. The lowest BCUT2D eigenvalue weighted by Crippen LogP contribution is -2.53. The molecule has 5 heteroatoms. The third-order valence-corrected chi connectivity index (χ3v) is 4.80. The normalized spacial score (nSPS) is 17.9.